The summed E-state index contributed by atoms with van der Waals surface area (Å²) in [7, 11) is 1.75. The Bertz CT molecular complexity index is 815. The first-order chi connectivity index (χ1) is 11.8. The Morgan fingerprint density at radius 3 is 3.00 bits per heavy atom. The van der Waals surface area contributed by atoms with Crippen LogP contribution >= 0.6 is 0 Å². The second-order valence-electron chi connectivity index (χ2n) is 6.41. The number of aromatic amines is 1. The Morgan fingerprint density at radius 1 is 1.25 bits per heavy atom. The lowest BCUT2D eigenvalue weighted by atomic mass is 9.96. The van der Waals surface area contributed by atoms with Crippen LogP contribution in [0.25, 0.3) is 10.8 Å². The smallest absolute Gasteiger partial charge is 0.137 e. The van der Waals surface area contributed by atoms with E-state index in [9.17, 15) is 0 Å². The summed E-state index contributed by atoms with van der Waals surface area (Å²) in [6.45, 7) is 3.01. The first-order valence-corrected chi connectivity index (χ1v) is 8.47. The van der Waals surface area contributed by atoms with Gasteiger partial charge in [0.15, 0.2) is 0 Å². The number of methoxy groups -OCH3 is 1. The fraction of sp³-hybridized carbons (Fsp3) is 0.368. The van der Waals surface area contributed by atoms with Gasteiger partial charge in [-0.05, 0) is 36.2 Å². The minimum atomic E-state index is 0.433. The van der Waals surface area contributed by atoms with Crippen molar-refractivity contribution < 1.29 is 4.74 Å². The molecule has 0 bridgehead atoms. The van der Waals surface area contributed by atoms with E-state index in [2.05, 4.69) is 56.5 Å². The molecular formula is C19H22N4O. The summed E-state index contributed by atoms with van der Waals surface area (Å²) in [4.78, 5) is 6.85. The lowest BCUT2D eigenvalue weighted by Crippen LogP contribution is -2.34. The van der Waals surface area contributed by atoms with Crippen molar-refractivity contribution in [1.82, 2.24) is 20.1 Å². The molecule has 1 saturated heterocycles. The van der Waals surface area contributed by atoms with Gasteiger partial charge in [0, 0.05) is 24.6 Å². The molecule has 1 aromatic heterocycles. The standard InChI is InChI=1S/C19H22N4O/c1-24-18-9-8-14-5-2-3-7-16(14)17(18)12-23-10-4-6-15(11-23)19-20-13-21-22-19/h2-3,5,7-9,13,15H,4,6,10-12H2,1H3,(H,20,21,22). The Hall–Kier alpha value is -2.40. The minimum absolute atomic E-state index is 0.433. The number of hydrogen-bond acceptors (Lipinski definition) is 4. The maximum absolute atomic E-state index is 5.64. The second-order valence-corrected chi connectivity index (χ2v) is 6.41. The van der Waals surface area contributed by atoms with Gasteiger partial charge in [-0.3, -0.25) is 10.00 Å². The average molecular weight is 322 g/mol. The SMILES string of the molecule is COc1ccc2ccccc2c1CN1CCCC(c2ncn[nH]2)C1. The number of likely N-dealkylation sites (tertiary alicyclic amines) is 1. The summed E-state index contributed by atoms with van der Waals surface area (Å²) < 4.78 is 5.64. The van der Waals surface area contributed by atoms with Gasteiger partial charge in [0.25, 0.3) is 0 Å². The molecule has 2 aromatic carbocycles. The van der Waals surface area contributed by atoms with Crippen LogP contribution in [0, 0.1) is 0 Å². The average Bonchev–Trinajstić information content (AvgIpc) is 3.17. The molecular weight excluding hydrogens is 300 g/mol. The number of nitrogens with zero attached hydrogens (tertiary/aromatic N) is 3. The van der Waals surface area contributed by atoms with Crippen LogP contribution < -0.4 is 4.74 Å². The van der Waals surface area contributed by atoms with Crippen molar-refractivity contribution in [3.05, 3.63) is 54.1 Å². The first-order valence-electron chi connectivity index (χ1n) is 8.47. The molecule has 1 fully saturated rings. The quantitative estimate of drug-likeness (QED) is 0.800. The number of H-pyrrole nitrogens is 1. The van der Waals surface area contributed by atoms with Crippen molar-refractivity contribution in [2.75, 3.05) is 20.2 Å². The summed E-state index contributed by atoms with van der Waals surface area (Å²) >= 11 is 0. The normalized spacial score (nSPS) is 18.8. The summed E-state index contributed by atoms with van der Waals surface area (Å²) in [5.74, 6) is 2.40. The molecule has 1 aliphatic rings. The van der Waals surface area contributed by atoms with Crippen molar-refractivity contribution in [2.45, 2.75) is 25.3 Å². The van der Waals surface area contributed by atoms with Gasteiger partial charge >= 0.3 is 0 Å². The van der Waals surface area contributed by atoms with Crippen LogP contribution in [0.5, 0.6) is 5.75 Å². The molecule has 1 atom stereocenters. The van der Waals surface area contributed by atoms with E-state index in [0.717, 1.165) is 31.2 Å². The Morgan fingerprint density at radius 2 is 2.17 bits per heavy atom. The molecule has 24 heavy (non-hydrogen) atoms. The Kier molecular flexibility index (Phi) is 4.17. The predicted octanol–water partition coefficient (Wildman–Crippen LogP) is 3.35. The number of aromatic nitrogens is 3. The van der Waals surface area contributed by atoms with Crippen LogP contribution in [-0.2, 0) is 6.54 Å². The van der Waals surface area contributed by atoms with Gasteiger partial charge in [-0.15, -0.1) is 0 Å². The summed E-state index contributed by atoms with van der Waals surface area (Å²) in [5, 5.41) is 9.57. The number of piperidine rings is 1. The minimum Gasteiger partial charge on any atom is -0.496 e. The van der Waals surface area contributed by atoms with Gasteiger partial charge in [-0.1, -0.05) is 30.3 Å². The first kappa shape index (κ1) is 15.1. The predicted molar refractivity (Wildman–Crippen MR) is 94.1 cm³/mol. The Balaban J connectivity index is 1.61. The van der Waals surface area contributed by atoms with Crippen molar-refractivity contribution in [1.29, 1.82) is 0 Å². The Labute approximate surface area is 141 Å². The van der Waals surface area contributed by atoms with E-state index in [1.807, 2.05) is 0 Å². The molecule has 5 heteroatoms. The lowest BCUT2D eigenvalue weighted by Gasteiger charge is -2.32. The van der Waals surface area contributed by atoms with Gasteiger partial charge in [-0.2, -0.15) is 5.10 Å². The third kappa shape index (κ3) is 2.87. The van der Waals surface area contributed by atoms with Gasteiger partial charge in [0.1, 0.15) is 17.9 Å². The third-order valence-corrected chi connectivity index (χ3v) is 4.93. The van der Waals surface area contributed by atoms with Gasteiger partial charge in [-0.25, -0.2) is 4.98 Å². The largest absolute Gasteiger partial charge is 0.496 e. The number of nitrogens with one attached hydrogen (secondary N) is 1. The highest BCUT2D eigenvalue weighted by molar-refractivity contribution is 5.87. The second kappa shape index (κ2) is 6.61. The number of hydrogen-bond donors (Lipinski definition) is 1. The zero-order chi connectivity index (χ0) is 16.4. The highest BCUT2D eigenvalue weighted by atomic mass is 16.5. The molecule has 4 rings (SSSR count). The molecule has 3 aromatic rings. The van der Waals surface area contributed by atoms with Gasteiger partial charge < -0.3 is 4.74 Å². The fourth-order valence-corrected chi connectivity index (χ4v) is 3.73. The van der Waals surface area contributed by atoms with Crippen molar-refractivity contribution >= 4 is 10.8 Å². The maximum Gasteiger partial charge on any atom is 0.137 e. The zero-order valence-corrected chi connectivity index (χ0v) is 13.9. The number of ether oxygens (including phenoxy) is 1. The van der Waals surface area contributed by atoms with E-state index in [0.29, 0.717) is 5.92 Å². The van der Waals surface area contributed by atoms with Crippen LogP contribution in [0.3, 0.4) is 0 Å². The van der Waals surface area contributed by atoms with Crippen LogP contribution in [0.15, 0.2) is 42.7 Å². The van der Waals surface area contributed by atoms with Crippen molar-refractivity contribution in [2.24, 2.45) is 0 Å². The van der Waals surface area contributed by atoms with E-state index < -0.39 is 0 Å². The van der Waals surface area contributed by atoms with Crippen LogP contribution in [0.4, 0.5) is 0 Å². The monoisotopic (exact) mass is 322 g/mol. The number of rotatable bonds is 4. The lowest BCUT2D eigenvalue weighted by molar-refractivity contribution is 0.195. The van der Waals surface area contributed by atoms with Crippen LogP contribution in [0.2, 0.25) is 0 Å². The van der Waals surface area contributed by atoms with Crippen LogP contribution in [-0.4, -0.2) is 40.3 Å². The van der Waals surface area contributed by atoms with E-state index in [1.54, 1.807) is 13.4 Å². The van der Waals surface area contributed by atoms with Crippen LogP contribution in [0.1, 0.15) is 30.1 Å². The van der Waals surface area contributed by atoms with Gasteiger partial charge in [0.05, 0.1) is 7.11 Å². The van der Waals surface area contributed by atoms with E-state index >= 15 is 0 Å². The zero-order valence-electron chi connectivity index (χ0n) is 13.9. The molecule has 2 heterocycles. The van der Waals surface area contributed by atoms with Crippen molar-refractivity contribution in [3.8, 4) is 5.75 Å². The molecule has 5 nitrogen and oxygen atoms in total. The molecule has 124 valence electrons. The summed E-state index contributed by atoms with van der Waals surface area (Å²) in [6, 6.07) is 12.7. The topological polar surface area (TPSA) is 54.0 Å². The highest BCUT2D eigenvalue weighted by Gasteiger charge is 2.24. The molecule has 0 spiro atoms. The molecule has 0 aliphatic carbocycles. The summed E-state index contributed by atoms with van der Waals surface area (Å²) in [6.07, 6.45) is 3.94. The third-order valence-electron chi connectivity index (χ3n) is 4.93. The molecule has 0 saturated carbocycles. The van der Waals surface area contributed by atoms with E-state index in [1.165, 1.54) is 29.2 Å². The fourth-order valence-electron chi connectivity index (χ4n) is 3.73. The van der Waals surface area contributed by atoms with E-state index in [-0.39, 0.29) is 0 Å². The number of benzene rings is 2. The molecule has 0 radical (unpaired) electrons. The molecule has 0 amide bonds. The van der Waals surface area contributed by atoms with Gasteiger partial charge in [0.2, 0.25) is 0 Å². The highest BCUT2D eigenvalue weighted by Crippen LogP contribution is 2.31. The maximum atomic E-state index is 5.64. The van der Waals surface area contributed by atoms with E-state index in [4.69, 9.17) is 4.74 Å². The summed E-state index contributed by atoms with van der Waals surface area (Å²) in [5.41, 5.74) is 1.27. The molecule has 1 unspecified atom stereocenters. The van der Waals surface area contributed by atoms with Crippen molar-refractivity contribution in [3.63, 3.8) is 0 Å². The molecule has 1 aliphatic heterocycles. The number of fused-ring (bicyclic) bond motifs is 1. The molecule has 1 N–H and O–H groups in total.